The molecule has 0 aliphatic rings. The minimum atomic E-state index is 0.512. The third-order valence-electron chi connectivity index (χ3n) is 1.47. The quantitative estimate of drug-likeness (QED) is 0.738. The second-order valence-corrected chi connectivity index (χ2v) is 2.89. The number of anilines is 1. The molecule has 0 radical (unpaired) electrons. The van der Waals surface area contributed by atoms with Crippen LogP contribution in [0.3, 0.4) is 0 Å². The first-order chi connectivity index (χ1) is 6.09. The summed E-state index contributed by atoms with van der Waals surface area (Å²) in [6.45, 7) is 9.24. The van der Waals surface area contributed by atoms with Gasteiger partial charge in [-0.3, -0.25) is 4.98 Å². The number of rotatable bonds is 3. The number of hydrogen-bond donors (Lipinski definition) is 2. The van der Waals surface area contributed by atoms with Crippen molar-refractivity contribution in [3.63, 3.8) is 0 Å². The Morgan fingerprint density at radius 3 is 2.69 bits per heavy atom. The van der Waals surface area contributed by atoms with Crippen molar-refractivity contribution < 1.29 is 0 Å². The van der Waals surface area contributed by atoms with Gasteiger partial charge in [-0.25, -0.2) is 0 Å². The van der Waals surface area contributed by atoms with Gasteiger partial charge in [-0.05, 0) is 13.0 Å². The molecule has 3 heteroatoms. The summed E-state index contributed by atoms with van der Waals surface area (Å²) in [6, 6.07) is 1.88. The number of aromatic nitrogens is 1. The third-order valence-corrected chi connectivity index (χ3v) is 1.47. The van der Waals surface area contributed by atoms with Crippen LogP contribution in [0.25, 0.3) is 5.70 Å². The Bertz CT molecular complexity index is 342. The van der Waals surface area contributed by atoms with Gasteiger partial charge in [0, 0.05) is 23.2 Å². The van der Waals surface area contributed by atoms with E-state index in [4.69, 9.17) is 5.73 Å². The Kier molecular flexibility index (Phi) is 2.69. The van der Waals surface area contributed by atoms with Gasteiger partial charge in [0.1, 0.15) is 0 Å². The average molecular weight is 175 g/mol. The zero-order valence-electron chi connectivity index (χ0n) is 7.67. The molecule has 0 amide bonds. The molecular weight excluding hydrogens is 162 g/mol. The summed E-state index contributed by atoms with van der Waals surface area (Å²) < 4.78 is 0. The summed E-state index contributed by atoms with van der Waals surface area (Å²) in [5.41, 5.74) is 8.60. The van der Waals surface area contributed by atoms with Gasteiger partial charge < -0.3 is 11.1 Å². The van der Waals surface area contributed by atoms with Crippen LogP contribution in [0.15, 0.2) is 37.3 Å². The van der Waals surface area contributed by atoms with Crippen LogP contribution >= 0.6 is 0 Å². The molecule has 68 valence electrons. The van der Waals surface area contributed by atoms with E-state index in [0.29, 0.717) is 5.70 Å². The van der Waals surface area contributed by atoms with E-state index in [1.54, 1.807) is 12.4 Å². The zero-order chi connectivity index (χ0) is 9.84. The van der Waals surface area contributed by atoms with Crippen molar-refractivity contribution in [1.82, 2.24) is 4.98 Å². The molecule has 0 saturated carbocycles. The van der Waals surface area contributed by atoms with E-state index >= 15 is 0 Å². The molecule has 13 heavy (non-hydrogen) atoms. The van der Waals surface area contributed by atoms with E-state index in [1.165, 1.54) is 0 Å². The molecule has 1 heterocycles. The standard InChI is InChI=1S/C10H13N3/c1-7(2)13-10-4-9(8(3)11)5-12-6-10/h4-6,13H,1,3,11H2,2H3. The topological polar surface area (TPSA) is 50.9 Å². The van der Waals surface area contributed by atoms with E-state index in [9.17, 15) is 0 Å². The van der Waals surface area contributed by atoms with Crippen LogP contribution in [0.1, 0.15) is 12.5 Å². The van der Waals surface area contributed by atoms with Crippen molar-refractivity contribution in [1.29, 1.82) is 0 Å². The number of allylic oxidation sites excluding steroid dienone is 1. The van der Waals surface area contributed by atoms with Crippen molar-refractivity contribution in [3.05, 3.63) is 42.9 Å². The number of hydrogen-bond acceptors (Lipinski definition) is 3. The van der Waals surface area contributed by atoms with Crippen LogP contribution in [0.5, 0.6) is 0 Å². The molecule has 0 spiro atoms. The Morgan fingerprint density at radius 1 is 1.46 bits per heavy atom. The fourth-order valence-electron chi connectivity index (χ4n) is 0.930. The maximum Gasteiger partial charge on any atom is 0.0574 e. The predicted octanol–water partition coefficient (Wildman–Crippen LogP) is 1.96. The van der Waals surface area contributed by atoms with Gasteiger partial charge in [0.25, 0.3) is 0 Å². The van der Waals surface area contributed by atoms with E-state index in [2.05, 4.69) is 23.5 Å². The van der Waals surface area contributed by atoms with Gasteiger partial charge >= 0.3 is 0 Å². The second-order valence-electron chi connectivity index (χ2n) is 2.89. The van der Waals surface area contributed by atoms with Crippen LogP contribution in [-0.2, 0) is 0 Å². The van der Waals surface area contributed by atoms with Crippen LogP contribution in [0, 0.1) is 0 Å². The molecule has 0 atom stereocenters. The van der Waals surface area contributed by atoms with Crippen LogP contribution in [-0.4, -0.2) is 4.98 Å². The summed E-state index contributed by atoms with van der Waals surface area (Å²) >= 11 is 0. The largest absolute Gasteiger partial charge is 0.399 e. The highest BCUT2D eigenvalue weighted by Crippen LogP contribution is 2.13. The minimum absolute atomic E-state index is 0.512. The van der Waals surface area contributed by atoms with Gasteiger partial charge in [-0.15, -0.1) is 0 Å². The maximum absolute atomic E-state index is 5.53. The Morgan fingerprint density at radius 2 is 2.15 bits per heavy atom. The molecule has 0 fully saturated rings. The number of nitrogens with zero attached hydrogens (tertiary/aromatic N) is 1. The molecule has 0 aliphatic carbocycles. The molecule has 0 bridgehead atoms. The van der Waals surface area contributed by atoms with E-state index in [-0.39, 0.29) is 0 Å². The lowest BCUT2D eigenvalue weighted by Crippen LogP contribution is -1.98. The van der Waals surface area contributed by atoms with E-state index < -0.39 is 0 Å². The van der Waals surface area contributed by atoms with Crippen molar-refractivity contribution in [2.45, 2.75) is 6.92 Å². The molecule has 3 nitrogen and oxygen atoms in total. The first-order valence-electron chi connectivity index (χ1n) is 3.92. The predicted molar refractivity (Wildman–Crippen MR) is 55.9 cm³/mol. The molecular formula is C10H13N3. The van der Waals surface area contributed by atoms with Crippen molar-refractivity contribution in [2.75, 3.05) is 5.32 Å². The van der Waals surface area contributed by atoms with Crippen molar-refractivity contribution >= 4 is 11.4 Å². The third kappa shape index (κ3) is 2.63. The van der Waals surface area contributed by atoms with Crippen molar-refractivity contribution in [3.8, 4) is 0 Å². The fraction of sp³-hybridized carbons (Fsp3) is 0.100. The molecule has 0 saturated heterocycles. The first-order valence-corrected chi connectivity index (χ1v) is 3.92. The molecule has 0 aromatic carbocycles. The number of nitrogens with two attached hydrogens (primary N) is 1. The van der Waals surface area contributed by atoms with Crippen LogP contribution < -0.4 is 11.1 Å². The van der Waals surface area contributed by atoms with E-state index in [1.807, 2.05) is 13.0 Å². The van der Waals surface area contributed by atoms with Gasteiger partial charge in [-0.1, -0.05) is 13.2 Å². The van der Waals surface area contributed by atoms with Crippen LogP contribution in [0.2, 0.25) is 0 Å². The maximum atomic E-state index is 5.53. The summed E-state index contributed by atoms with van der Waals surface area (Å²) in [5, 5.41) is 3.05. The smallest absolute Gasteiger partial charge is 0.0574 e. The highest BCUT2D eigenvalue weighted by Gasteiger charge is 1.96. The molecule has 3 N–H and O–H groups in total. The lowest BCUT2D eigenvalue weighted by Gasteiger charge is -2.06. The first kappa shape index (κ1) is 9.32. The second kappa shape index (κ2) is 3.76. The molecule has 1 aromatic rings. The zero-order valence-corrected chi connectivity index (χ0v) is 7.67. The van der Waals surface area contributed by atoms with Gasteiger partial charge in [0.2, 0.25) is 0 Å². The molecule has 1 rings (SSSR count). The van der Waals surface area contributed by atoms with Gasteiger partial charge in [0.05, 0.1) is 11.9 Å². The molecule has 0 aliphatic heterocycles. The Balaban J connectivity index is 2.91. The highest BCUT2D eigenvalue weighted by atomic mass is 14.9. The number of pyridine rings is 1. The lowest BCUT2D eigenvalue weighted by atomic mass is 10.2. The monoisotopic (exact) mass is 175 g/mol. The summed E-state index contributed by atoms with van der Waals surface area (Å²) in [6.07, 6.45) is 3.38. The van der Waals surface area contributed by atoms with Crippen LogP contribution in [0.4, 0.5) is 5.69 Å². The highest BCUT2D eigenvalue weighted by molar-refractivity contribution is 5.63. The minimum Gasteiger partial charge on any atom is -0.399 e. The Hall–Kier alpha value is -1.77. The normalized spacial score (nSPS) is 9.31. The summed E-state index contributed by atoms with van der Waals surface area (Å²) in [4.78, 5) is 4.01. The molecule has 0 unspecified atom stereocenters. The van der Waals surface area contributed by atoms with E-state index in [0.717, 1.165) is 16.9 Å². The van der Waals surface area contributed by atoms with Crippen molar-refractivity contribution in [2.24, 2.45) is 5.73 Å². The molecule has 1 aromatic heterocycles. The van der Waals surface area contributed by atoms with Gasteiger partial charge in [0.15, 0.2) is 0 Å². The average Bonchev–Trinajstić information content (AvgIpc) is 2.03. The number of nitrogens with one attached hydrogen (secondary N) is 1. The Labute approximate surface area is 78.0 Å². The summed E-state index contributed by atoms with van der Waals surface area (Å²) in [5.74, 6) is 0. The SMILES string of the molecule is C=C(C)Nc1cncc(C(=C)N)c1. The van der Waals surface area contributed by atoms with Gasteiger partial charge in [-0.2, -0.15) is 0 Å². The lowest BCUT2D eigenvalue weighted by molar-refractivity contribution is 1.27. The summed E-state index contributed by atoms with van der Waals surface area (Å²) in [7, 11) is 0. The fourth-order valence-corrected chi connectivity index (χ4v) is 0.930.